The van der Waals surface area contributed by atoms with Gasteiger partial charge in [0.1, 0.15) is 0 Å². The van der Waals surface area contributed by atoms with Crippen LogP contribution in [0.1, 0.15) is 0 Å². The SMILES string of the molecule is Cl.NCC(=O)NCCN1CCOCC1. The van der Waals surface area contributed by atoms with E-state index in [1.807, 2.05) is 0 Å². The van der Waals surface area contributed by atoms with Gasteiger partial charge in [0.25, 0.3) is 0 Å². The number of amides is 1. The van der Waals surface area contributed by atoms with Gasteiger partial charge in [0, 0.05) is 26.2 Å². The quantitative estimate of drug-likeness (QED) is 0.630. The number of nitrogens with two attached hydrogens (primary N) is 1. The van der Waals surface area contributed by atoms with E-state index in [4.69, 9.17) is 10.5 Å². The van der Waals surface area contributed by atoms with Gasteiger partial charge in [-0.3, -0.25) is 9.69 Å². The van der Waals surface area contributed by atoms with E-state index in [9.17, 15) is 4.79 Å². The zero-order valence-corrected chi connectivity index (χ0v) is 9.02. The fraction of sp³-hybridized carbons (Fsp3) is 0.875. The standard InChI is InChI=1S/C8H17N3O2.ClH/c9-7-8(12)10-1-2-11-3-5-13-6-4-11;/h1-7,9H2,(H,10,12);1H. The Morgan fingerprint density at radius 2 is 2.07 bits per heavy atom. The van der Waals surface area contributed by atoms with E-state index in [0.717, 1.165) is 32.8 Å². The average molecular weight is 224 g/mol. The molecule has 1 rings (SSSR count). The Morgan fingerprint density at radius 1 is 1.43 bits per heavy atom. The van der Waals surface area contributed by atoms with Gasteiger partial charge in [0.05, 0.1) is 19.8 Å². The molecule has 0 atom stereocenters. The summed E-state index contributed by atoms with van der Waals surface area (Å²) in [5.41, 5.74) is 5.15. The van der Waals surface area contributed by atoms with Crippen molar-refractivity contribution >= 4 is 18.3 Å². The number of nitrogens with one attached hydrogen (secondary N) is 1. The Morgan fingerprint density at radius 3 is 2.64 bits per heavy atom. The summed E-state index contributed by atoms with van der Waals surface area (Å²) in [4.78, 5) is 13.0. The van der Waals surface area contributed by atoms with Gasteiger partial charge in [-0.05, 0) is 0 Å². The molecule has 1 aliphatic rings. The Labute approximate surface area is 90.4 Å². The van der Waals surface area contributed by atoms with Gasteiger partial charge < -0.3 is 15.8 Å². The van der Waals surface area contributed by atoms with Crippen LogP contribution in [0.5, 0.6) is 0 Å². The lowest BCUT2D eigenvalue weighted by Crippen LogP contribution is -2.42. The number of ether oxygens (including phenoxy) is 1. The van der Waals surface area contributed by atoms with Gasteiger partial charge in [0.2, 0.25) is 5.91 Å². The summed E-state index contributed by atoms with van der Waals surface area (Å²) in [6.07, 6.45) is 0. The average Bonchev–Trinajstić information content (AvgIpc) is 2.19. The van der Waals surface area contributed by atoms with E-state index in [1.54, 1.807) is 0 Å². The van der Waals surface area contributed by atoms with Crippen LogP contribution in [-0.2, 0) is 9.53 Å². The molecule has 0 spiro atoms. The first-order chi connectivity index (χ1) is 6.33. The first-order valence-electron chi connectivity index (χ1n) is 4.60. The van der Waals surface area contributed by atoms with Crippen molar-refractivity contribution < 1.29 is 9.53 Å². The molecule has 0 aromatic heterocycles. The summed E-state index contributed by atoms with van der Waals surface area (Å²) in [6, 6.07) is 0. The Balaban J connectivity index is 0.00000169. The van der Waals surface area contributed by atoms with E-state index in [0.29, 0.717) is 6.54 Å². The molecule has 1 saturated heterocycles. The smallest absolute Gasteiger partial charge is 0.233 e. The molecule has 0 aromatic rings. The summed E-state index contributed by atoms with van der Waals surface area (Å²) in [5.74, 6) is -0.0896. The Hall–Kier alpha value is -0.360. The predicted molar refractivity (Wildman–Crippen MR) is 56.6 cm³/mol. The monoisotopic (exact) mass is 223 g/mol. The number of hydrogen-bond acceptors (Lipinski definition) is 4. The number of morpholine rings is 1. The number of halogens is 1. The third-order valence-electron chi connectivity index (χ3n) is 2.04. The summed E-state index contributed by atoms with van der Waals surface area (Å²) in [6.45, 7) is 5.14. The van der Waals surface area contributed by atoms with Crippen molar-refractivity contribution in [3.8, 4) is 0 Å². The van der Waals surface area contributed by atoms with E-state index in [-0.39, 0.29) is 24.9 Å². The van der Waals surface area contributed by atoms with Crippen LogP contribution < -0.4 is 11.1 Å². The molecule has 1 heterocycles. The summed E-state index contributed by atoms with van der Waals surface area (Å²) < 4.78 is 5.20. The van der Waals surface area contributed by atoms with Crippen LogP contribution in [0.25, 0.3) is 0 Å². The Kier molecular flexibility index (Phi) is 7.78. The maximum absolute atomic E-state index is 10.8. The van der Waals surface area contributed by atoms with Crippen molar-refractivity contribution in [1.29, 1.82) is 0 Å². The molecule has 6 heteroatoms. The molecule has 0 saturated carbocycles. The minimum absolute atomic E-state index is 0. The molecular formula is C8H18ClN3O2. The lowest BCUT2D eigenvalue weighted by atomic mass is 10.4. The van der Waals surface area contributed by atoms with Gasteiger partial charge in [-0.25, -0.2) is 0 Å². The predicted octanol–water partition coefficient (Wildman–Crippen LogP) is -1.18. The highest BCUT2D eigenvalue weighted by molar-refractivity contribution is 5.85. The normalized spacial score (nSPS) is 17.2. The van der Waals surface area contributed by atoms with E-state index in [2.05, 4.69) is 10.2 Å². The van der Waals surface area contributed by atoms with E-state index < -0.39 is 0 Å². The van der Waals surface area contributed by atoms with Crippen molar-refractivity contribution in [3.63, 3.8) is 0 Å². The molecule has 0 aliphatic carbocycles. The molecule has 5 nitrogen and oxygen atoms in total. The molecule has 14 heavy (non-hydrogen) atoms. The second-order valence-corrected chi connectivity index (χ2v) is 3.01. The van der Waals surface area contributed by atoms with Gasteiger partial charge in [0.15, 0.2) is 0 Å². The molecule has 0 radical (unpaired) electrons. The van der Waals surface area contributed by atoms with Crippen molar-refractivity contribution in [1.82, 2.24) is 10.2 Å². The van der Waals surface area contributed by atoms with Crippen LogP contribution in [0.3, 0.4) is 0 Å². The second kappa shape index (κ2) is 7.99. The second-order valence-electron chi connectivity index (χ2n) is 3.01. The van der Waals surface area contributed by atoms with Gasteiger partial charge >= 0.3 is 0 Å². The van der Waals surface area contributed by atoms with Crippen LogP contribution in [0, 0.1) is 0 Å². The maximum Gasteiger partial charge on any atom is 0.233 e. The molecule has 1 aliphatic heterocycles. The number of carbonyl (C=O) groups is 1. The number of nitrogens with zero attached hydrogens (tertiary/aromatic N) is 1. The molecule has 0 aromatic carbocycles. The van der Waals surface area contributed by atoms with Crippen molar-refractivity contribution in [2.75, 3.05) is 45.9 Å². The van der Waals surface area contributed by atoms with Crippen LogP contribution in [0.2, 0.25) is 0 Å². The highest BCUT2D eigenvalue weighted by Gasteiger charge is 2.09. The number of carbonyl (C=O) groups excluding carboxylic acids is 1. The van der Waals surface area contributed by atoms with Gasteiger partial charge in [-0.15, -0.1) is 12.4 Å². The Bertz CT molecular complexity index is 163. The maximum atomic E-state index is 10.8. The van der Waals surface area contributed by atoms with Crippen molar-refractivity contribution in [2.24, 2.45) is 5.73 Å². The summed E-state index contributed by atoms with van der Waals surface area (Å²) >= 11 is 0. The lowest BCUT2D eigenvalue weighted by Gasteiger charge is -2.26. The van der Waals surface area contributed by atoms with Crippen molar-refractivity contribution in [3.05, 3.63) is 0 Å². The lowest BCUT2D eigenvalue weighted by molar-refractivity contribution is -0.119. The molecule has 84 valence electrons. The molecule has 1 fully saturated rings. The first kappa shape index (κ1) is 13.6. The molecule has 1 amide bonds. The molecule has 0 unspecified atom stereocenters. The van der Waals surface area contributed by atoms with Crippen LogP contribution in [-0.4, -0.2) is 56.7 Å². The van der Waals surface area contributed by atoms with Crippen LogP contribution in [0.4, 0.5) is 0 Å². The van der Waals surface area contributed by atoms with E-state index >= 15 is 0 Å². The molecule has 0 bridgehead atoms. The molecular weight excluding hydrogens is 206 g/mol. The fourth-order valence-corrected chi connectivity index (χ4v) is 1.25. The zero-order chi connectivity index (χ0) is 9.52. The minimum atomic E-state index is -0.0896. The number of hydrogen-bond donors (Lipinski definition) is 2. The summed E-state index contributed by atoms with van der Waals surface area (Å²) in [5, 5.41) is 2.73. The first-order valence-corrected chi connectivity index (χ1v) is 4.60. The topological polar surface area (TPSA) is 67.6 Å². The van der Waals surface area contributed by atoms with E-state index in [1.165, 1.54) is 0 Å². The minimum Gasteiger partial charge on any atom is -0.379 e. The van der Waals surface area contributed by atoms with Gasteiger partial charge in [-0.1, -0.05) is 0 Å². The zero-order valence-electron chi connectivity index (χ0n) is 8.20. The largest absolute Gasteiger partial charge is 0.379 e. The van der Waals surface area contributed by atoms with Crippen molar-refractivity contribution in [2.45, 2.75) is 0 Å². The van der Waals surface area contributed by atoms with Crippen LogP contribution in [0.15, 0.2) is 0 Å². The highest BCUT2D eigenvalue weighted by Crippen LogP contribution is 1.94. The number of rotatable bonds is 4. The van der Waals surface area contributed by atoms with Gasteiger partial charge in [-0.2, -0.15) is 0 Å². The third kappa shape index (κ3) is 5.39. The fourth-order valence-electron chi connectivity index (χ4n) is 1.25. The molecule has 3 N–H and O–H groups in total. The summed E-state index contributed by atoms with van der Waals surface area (Å²) in [7, 11) is 0. The highest BCUT2D eigenvalue weighted by atomic mass is 35.5. The van der Waals surface area contributed by atoms with Crippen LogP contribution >= 0.6 is 12.4 Å². The third-order valence-corrected chi connectivity index (χ3v) is 2.04.